The quantitative estimate of drug-likeness (QED) is 0.139. The lowest BCUT2D eigenvalue weighted by Crippen LogP contribution is -2.11. The first-order valence-electron chi connectivity index (χ1n) is 22.0. The second kappa shape index (κ2) is 15.8. The van der Waals surface area contributed by atoms with Crippen LogP contribution < -0.4 is 4.90 Å². The molecule has 0 saturated carbocycles. The molecule has 12 rings (SSSR count). The number of hydrogen-bond donors (Lipinski definition) is 0. The Bertz CT molecular complexity index is 3620. The van der Waals surface area contributed by atoms with E-state index in [2.05, 4.69) is 264 Å². The standard InChI is InChI=1S/C62H42N2/c1-2-18-43(19-3-1)50-22-6-7-24-53(50)54-25-8-9-26-55(54)56-27-11-15-31-60(56)63(48-40-41-51-46(42-48)35-34-44-20-4-5-21-49(44)51)47-38-36-45(37-39-47)52-23-10-14-30-59(52)64-61-32-16-12-28-57(61)58-29-13-17-33-62(58)64/h1-42H. The van der Waals surface area contributed by atoms with Crippen molar-refractivity contribution in [3.63, 3.8) is 0 Å². The molecule has 64 heavy (non-hydrogen) atoms. The summed E-state index contributed by atoms with van der Waals surface area (Å²) in [6.07, 6.45) is 0. The summed E-state index contributed by atoms with van der Waals surface area (Å²) in [5, 5.41) is 7.46. The van der Waals surface area contributed by atoms with Gasteiger partial charge in [0.15, 0.2) is 0 Å². The fraction of sp³-hybridized carbons (Fsp3) is 0. The molecule has 2 heteroatoms. The lowest BCUT2D eigenvalue weighted by atomic mass is 9.88. The molecule has 0 saturated heterocycles. The molecule has 0 radical (unpaired) electrons. The van der Waals surface area contributed by atoms with E-state index >= 15 is 0 Å². The third-order valence-corrected chi connectivity index (χ3v) is 12.8. The van der Waals surface area contributed by atoms with Crippen molar-refractivity contribution in [2.24, 2.45) is 0 Å². The normalized spacial score (nSPS) is 11.4. The minimum atomic E-state index is 1.08. The van der Waals surface area contributed by atoms with Gasteiger partial charge in [-0.05, 0) is 103 Å². The predicted octanol–water partition coefficient (Wildman–Crippen LogP) is 17.2. The number of benzene rings is 11. The van der Waals surface area contributed by atoms with Crippen LogP contribution in [0.25, 0.3) is 93.5 Å². The molecule has 0 unspecified atom stereocenters. The van der Waals surface area contributed by atoms with Crippen molar-refractivity contribution in [3.05, 3.63) is 255 Å². The molecule has 0 fully saturated rings. The van der Waals surface area contributed by atoms with E-state index in [1.54, 1.807) is 0 Å². The van der Waals surface area contributed by atoms with Gasteiger partial charge in [-0.15, -0.1) is 0 Å². The Morgan fingerprint density at radius 1 is 0.266 bits per heavy atom. The second-order valence-corrected chi connectivity index (χ2v) is 16.4. The van der Waals surface area contributed by atoms with Crippen LogP contribution >= 0.6 is 0 Å². The summed E-state index contributed by atoms with van der Waals surface area (Å²) < 4.78 is 2.42. The van der Waals surface area contributed by atoms with Gasteiger partial charge in [0.2, 0.25) is 0 Å². The van der Waals surface area contributed by atoms with E-state index in [0.29, 0.717) is 0 Å². The molecule has 0 bridgehead atoms. The number of rotatable bonds is 8. The Morgan fingerprint density at radius 2 is 0.734 bits per heavy atom. The predicted molar refractivity (Wildman–Crippen MR) is 272 cm³/mol. The van der Waals surface area contributed by atoms with Crippen LogP contribution in [-0.4, -0.2) is 4.57 Å². The highest BCUT2D eigenvalue weighted by atomic mass is 15.1. The average Bonchev–Trinajstić information content (AvgIpc) is 3.71. The molecule has 0 aliphatic carbocycles. The van der Waals surface area contributed by atoms with E-state index in [1.165, 1.54) is 76.7 Å². The molecule has 0 aliphatic heterocycles. The third kappa shape index (κ3) is 6.35. The van der Waals surface area contributed by atoms with Gasteiger partial charge in [0.05, 0.1) is 22.4 Å². The molecule has 11 aromatic carbocycles. The maximum absolute atomic E-state index is 2.44. The summed E-state index contributed by atoms with van der Waals surface area (Å²) in [6.45, 7) is 0. The number of nitrogens with zero attached hydrogens (tertiary/aromatic N) is 2. The van der Waals surface area contributed by atoms with Crippen molar-refractivity contribution in [1.82, 2.24) is 4.57 Å². The maximum atomic E-state index is 2.44. The minimum absolute atomic E-state index is 1.08. The molecule has 2 nitrogen and oxygen atoms in total. The summed E-state index contributed by atoms with van der Waals surface area (Å²) in [5.41, 5.74) is 16.3. The first-order valence-corrected chi connectivity index (χ1v) is 22.0. The van der Waals surface area contributed by atoms with E-state index in [9.17, 15) is 0 Å². The lowest BCUT2D eigenvalue weighted by Gasteiger charge is -2.29. The van der Waals surface area contributed by atoms with Gasteiger partial charge in [0, 0.05) is 33.3 Å². The maximum Gasteiger partial charge on any atom is 0.0541 e. The van der Waals surface area contributed by atoms with Crippen LogP contribution in [0.4, 0.5) is 17.1 Å². The summed E-state index contributed by atoms with van der Waals surface area (Å²) >= 11 is 0. The highest BCUT2D eigenvalue weighted by Crippen LogP contribution is 2.46. The van der Waals surface area contributed by atoms with E-state index in [4.69, 9.17) is 0 Å². The second-order valence-electron chi connectivity index (χ2n) is 16.4. The zero-order valence-corrected chi connectivity index (χ0v) is 35.1. The Hall–Kier alpha value is -8.46. The van der Waals surface area contributed by atoms with Crippen molar-refractivity contribution >= 4 is 60.4 Å². The van der Waals surface area contributed by atoms with Gasteiger partial charge in [-0.1, -0.05) is 206 Å². The van der Waals surface area contributed by atoms with Gasteiger partial charge < -0.3 is 9.47 Å². The van der Waals surface area contributed by atoms with Gasteiger partial charge in [0.1, 0.15) is 0 Å². The molecular weight excluding hydrogens is 773 g/mol. The van der Waals surface area contributed by atoms with Gasteiger partial charge in [-0.25, -0.2) is 0 Å². The number of hydrogen-bond acceptors (Lipinski definition) is 1. The molecule has 0 N–H and O–H groups in total. The molecule has 12 aromatic rings. The molecule has 1 aromatic heterocycles. The van der Waals surface area contributed by atoms with Crippen molar-refractivity contribution in [2.45, 2.75) is 0 Å². The van der Waals surface area contributed by atoms with Crippen molar-refractivity contribution in [2.75, 3.05) is 4.90 Å². The fourth-order valence-electron chi connectivity index (χ4n) is 9.89. The average molecular weight is 815 g/mol. The van der Waals surface area contributed by atoms with Crippen molar-refractivity contribution < 1.29 is 0 Å². The van der Waals surface area contributed by atoms with Crippen LogP contribution in [-0.2, 0) is 0 Å². The summed E-state index contributed by atoms with van der Waals surface area (Å²) in [7, 11) is 0. The number of fused-ring (bicyclic) bond motifs is 6. The van der Waals surface area contributed by atoms with E-state index in [0.717, 1.165) is 33.9 Å². The Labute approximate surface area is 373 Å². The Balaban J connectivity index is 1.03. The van der Waals surface area contributed by atoms with Crippen LogP contribution in [0.5, 0.6) is 0 Å². The summed E-state index contributed by atoms with van der Waals surface area (Å²) in [4.78, 5) is 2.44. The monoisotopic (exact) mass is 814 g/mol. The van der Waals surface area contributed by atoms with E-state index in [-0.39, 0.29) is 0 Å². The summed E-state index contributed by atoms with van der Waals surface area (Å²) in [5.74, 6) is 0. The molecule has 0 aliphatic rings. The molecule has 0 amide bonds. The third-order valence-electron chi connectivity index (χ3n) is 12.8. The zero-order chi connectivity index (χ0) is 42.4. The molecule has 300 valence electrons. The van der Waals surface area contributed by atoms with Gasteiger partial charge in [-0.2, -0.15) is 0 Å². The van der Waals surface area contributed by atoms with E-state index < -0.39 is 0 Å². The van der Waals surface area contributed by atoms with Crippen LogP contribution in [0.3, 0.4) is 0 Å². The smallest absolute Gasteiger partial charge is 0.0541 e. The molecule has 1 heterocycles. The van der Waals surface area contributed by atoms with E-state index in [1.807, 2.05) is 0 Å². The molecular formula is C62H42N2. The number of anilines is 3. The van der Waals surface area contributed by atoms with Crippen molar-refractivity contribution in [1.29, 1.82) is 0 Å². The van der Waals surface area contributed by atoms with Crippen molar-refractivity contribution in [3.8, 4) is 50.2 Å². The van der Waals surface area contributed by atoms with Crippen LogP contribution in [0.15, 0.2) is 255 Å². The Morgan fingerprint density at radius 3 is 1.45 bits per heavy atom. The van der Waals surface area contributed by atoms with Gasteiger partial charge in [-0.3, -0.25) is 0 Å². The first-order chi connectivity index (χ1) is 31.8. The first kappa shape index (κ1) is 37.3. The highest BCUT2D eigenvalue weighted by molar-refractivity contribution is 6.11. The SMILES string of the molecule is c1ccc(-c2ccccc2-c2ccccc2-c2ccccc2N(c2ccc(-c3ccccc3-n3c4ccccc4c4ccccc43)cc2)c2ccc3c(ccc4ccccc43)c2)cc1. The van der Waals surface area contributed by atoms with Crippen LogP contribution in [0, 0.1) is 0 Å². The largest absolute Gasteiger partial charge is 0.310 e. The van der Waals surface area contributed by atoms with Crippen LogP contribution in [0.2, 0.25) is 0 Å². The topological polar surface area (TPSA) is 8.17 Å². The lowest BCUT2D eigenvalue weighted by molar-refractivity contribution is 1.18. The zero-order valence-electron chi connectivity index (χ0n) is 35.1. The minimum Gasteiger partial charge on any atom is -0.310 e. The molecule has 0 atom stereocenters. The van der Waals surface area contributed by atoms with Crippen LogP contribution in [0.1, 0.15) is 0 Å². The fourth-order valence-corrected chi connectivity index (χ4v) is 9.89. The van der Waals surface area contributed by atoms with Gasteiger partial charge >= 0.3 is 0 Å². The van der Waals surface area contributed by atoms with Gasteiger partial charge in [0.25, 0.3) is 0 Å². The number of aromatic nitrogens is 1. The summed E-state index contributed by atoms with van der Waals surface area (Å²) in [6, 6.07) is 92.7. The Kier molecular flexibility index (Phi) is 9.20. The highest BCUT2D eigenvalue weighted by Gasteiger charge is 2.22. The molecule has 0 spiro atoms. The number of para-hydroxylation sites is 4.